The minimum Gasteiger partial charge on any atom is -0.444 e. The minimum absolute atomic E-state index is 0.327. The molecule has 0 aromatic carbocycles. The Hall–Kier alpha value is -2.13. The van der Waals surface area contributed by atoms with E-state index in [1.54, 1.807) is 4.90 Å². The van der Waals surface area contributed by atoms with Crippen molar-refractivity contribution in [2.75, 3.05) is 43.2 Å². The fraction of sp³-hybridized carbons (Fsp3) is 0.688. The van der Waals surface area contributed by atoms with E-state index in [-0.39, 0.29) is 6.09 Å². The first-order chi connectivity index (χ1) is 11.9. The molecule has 0 unspecified atom stereocenters. The molecule has 1 amide bonds. The lowest BCUT2D eigenvalue weighted by atomic mass is 10.0. The fourth-order valence-electron chi connectivity index (χ4n) is 2.99. The zero-order valence-electron chi connectivity index (χ0n) is 15.0. The first-order valence-corrected chi connectivity index (χ1v) is 8.54. The first-order valence-electron chi connectivity index (χ1n) is 8.54. The summed E-state index contributed by atoms with van der Waals surface area (Å²) in [6.07, 6.45) is 0.360. The molecule has 3 N–H and O–H groups in total. The Morgan fingerprint density at radius 2 is 1.96 bits per heavy atom. The summed E-state index contributed by atoms with van der Waals surface area (Å²) in [5.41, 5.74) is 3.88. The highest BCUT2D eigenvalue weighted by Gasteiger charge is 2.30. The maximum Gasteiger partial charge on any atom is 0.410 e. The summed E-state index contributed by atoms with van der Waals surface area (Å²) in [5.74, 6) is 6.77. The van der Waals surface area contributed by atoms with Gasteiger partial charge in [0.05, 0.1) is 25.5 Å². The van der Waals surface area contributed by atoms with Crippen LogP contribution in [0.4, 0.5) is 16.6 Å². The second kappa shape index (κ2) is 7.01. The van der Waals surface area contributed by atoms with E-state index in [1.165, 1.54) is 0 Å². The highest BCUT2D eigenvalue weighted by molar-refractivity contribution is 5.69. The van der Waals surface area contributed by atoms with Crippen LogP contribution < -0.4 is 16.2 Å². The molecule has 1 aromatic heterocycles. The molecule has 0 bridgehead atoms. The van der Waals surface area contributed by atoms with Crippen molar-refractivity contribution in [1.29, 1.82) is 0 Å². The zero-order valence-corrected chi connectivity index (χ0v) is 15.0. The van der Waals surface area contributed by atoms with Crippen LogP contribution in [0.5, 0.6) is 0 Å². The quantitative estimate of drug-likeness (QED) is 0.598. The molecule has 3 heterocycles. The number of nitrogen functional groups attached to an aromatic ring is 1. The molecule has 138 valence electrons. The minimum atomic E-state index is -0.522. The van der Waals surface area contributed by atoms with Crippen LogP contribution in [0.1, 0.15) is 32.0 Å². The zero-order chi connectivity index (χ0) is 18.0. The number of amides is 1. The molecule has 1 aromatic rings. The van der Waals surface area contributed by atoms with Gasteiger partial charge in [-0.15, -0.1) is 0 Å². The lowest BCUT2D eigenvalue weighted by Crippen LogP contribution is -2.42. The van der Waals surface area contributed by atoms with E-state index in [4.69, 9.17) is 15.3 Å². The van der Waals surface area contributed by atoms with Gasteiger partial charge in [-0.3, -0.25) is 5.43 Å². The summed E-state index contributed by atoms with van der Waals surface area (Å²) >= 11 is 0. The summed E-state index contributed by atoms with van der Waals surface area (Å²) in [6, 6.07) is 0. The van der Waals surface area contributed by atoms with Crippen LogP contribution in [0, 0.1) is 0 Å². The number of nitrogens with two attached hydrogens (primary N) is 1. The van der Waals surface area contributed by atoms with E-state index < -0.39 is 5.60 Å². The summed E-state index contributed by atoms with van der Waals surface area (Å²) in [6.45, 7) is 9.46. The Kier molecular flexibility index (Phi) is 4.96. The van der Waals surface area contributed by atoms with Crippen LogP contribution >= 0.6 is 0 Å². The van der Waals surface area contributed by atoms with Crippen LogP contribution in [0.3, 0.4) is 0 Å². The van der Waals surface area contributed by atoms with Crippen molar-refractivity contribution < 1.29 is 14.3 Å². The standard InChI is InChI=1S/C16H26N6O3/c1-16(2,3)25-15(23)22-5-4-11-12(10-22)18-14(20-17)19-13(11)21-6-8-24-9-7-21/h4-10,17H2,1-3H3,(H,18,19,20). The number of morpholine rings is 1. The number of aromatic nitrogens is 2. The van der Waals surface area contributed by atoms with E-state index in [2.05, 4.69) is 20.3 Å². The van der Waals surface area contributed by atoms with Gasteiger partial charge in [0, 0.05) is 25.2 Å². The maximum absolute atomic E-state index is 12.4. The topological polar surface area (TPSA) is 106 Å². The van der Waals surface area contributed by atoms with E-state index in [0.29, 0.717) is 38.7 Å². The molecule has 2 aliphatic rings. The smallest absolute Gasteiger partial charge is 0.410 e. The normalized spacial score (nSPS) is 17.9. The van der Waals surface area contributed by atoms with Crippen molar-refractivity contribution in [2.24, 2.45) is 5.84 Å². The van der Waals surface area contributed by atoms with Gasteiger partial charge in [-0.25, -0.2) is 15.6 Å². The molecule has 0 saturated carbocycles. The van der Waals surface area contributed by atoms with Crippen LogP contribution in [0.2, 0.25) is 0 Å². The number of carbonyl (C=O) groups is 1. The van der Waals surface area contributed by atoms with Crippen molar-refractivity contribution in [3.05, 3.63) is 11.3 Å². The van der Waals surface area contributed by atoms with Gasteiger partial charge >= 0.3 is 6.09 Å². The van der Waals surface area contributed by atoms with Gasteiger partial charge in [0.1, 0.15) is 11.4 Å². The first kappa shape index (κ1) is 17.7. The van der Waals surface area contributed by atoms with Gasteiger partial charge in [0.25, 0.3) is 0 Å². The van der Waals surface area contributed by atoms with Crippen molar-refractivity contribution in [3.63, 3.8) is 0 Å². The second-order valence-corrected chi connectivity index (χ2v) is 7.19. The number of nitrogens with one attached hydrogen (secondary N) is 1. The predicted molar refractivity (Wildman–Crippen MR) is 93.2 cm³/mol. The Morgan fingerprint density at radius 3 is 2.60 bits per heavy atom. The molecule has 0 atom stereocenters. The Balaban J connectivity index is 1.85. The largest absolute Gasteiger partial charge is 0.444 e. The van der Waals surface area contributed by atoms with E-state index in [1.807, 2.05) is 20.8 Å². The number of ether oxygens (including phenoxy) is 2. The van der Waals surface area contributed by atoms with Gasteiger partial charge < -0.3 is 19.3 Å². The molecule has 2 aliphatic heterocycles. The number of anilines is 2. The summed E-state index contributed by atoms with van der Waals surface area (Å²) in [4.78, 5) is 25.2. The number of carbonyl (C=O) groups excluding carboxylic acids is 1. The highest BCUT2D eigenvalue weighted by atomic mass is 16.6. The molecule has 9 nitrogen and oxygen atoms in total. The highest BCUT2D eigenvalue weighted by Crippen LogP contribution is 2.28. The third-order valence-corrected chi connectivity index (χ3v) is 4.13. The third kappa shape index (κ3) is 4.10. The lowest BCUT2D eigenvalue weighted by molar-refractivity contribution is 0.0221. The van der Waals surface area contributed by atoms with Crippen molar-refractivity contribution in [2.45, 2.75) is 39.3 Å². The fourth-order valence-corrected chi connectivity index (χ4v) is 2.99. The maximum atomic E-state index is 12.4. The Bertz CT molecular complexity index is 639. The van der Waals surface area contributed by atoms with Crippen molar-refractivity contribution in [3.8, 4) is 0 Å². The van der Waals surface area contributed by atoms with Crippen LogP contribution in [-0.2, 0) is 22.4 Å². The van der Waals surface area contributed by atoms with Crippen molar-refractivity contribution in [1.82, 2.24) is 14.9 Å². The average molecular weight is 350 g/mol. The van der Waals surface area contributed by atoms with Gasteiger partial charge in [0.15, 0.2) is 0 Å². The van der Waals surface area contributed by atoms with Crippen LogP contribution in [-0.4, -0.2) is 59.4 Å². The average Bonchev–Trinajstić information content (AvgIpc) is 2.59. The molecular weight excluding hydrogens is 324 g/mol. The van der Waals surface area contributed by atoms with Crippen molar-refractivity contribution >= 4 is 17.9 Å². The SMILES string of the molecule is CC(C)(C)OC(=O)N1CCc2c(nc(NN)nc2N2CCOCC2)C1. The van der Waals surface area contributed by atoms with Gasteiger partial charge in [-0.1, -0.05) is 0 Å². The number of rotatable bonds is 2. The van der Waals surface area contributed by atoms with E-state index in [0.717, 1.165) is 30.2 Å². The molecule has 0 spiro atoms. The molecule has 9 heteroatoms. The van der Waals surface area contributed by atoms with E-state index >= 15 is 0 Å². The number of fused-ring (bicyclic) bond motifs is 1. The molecule has 25 heavy (non-hydrogen) atoms. The second-order valence-electron chi connectivity index (χ2n) is 7.19. The number of hydrogen-bond acceptors (Lipinski definition) is 8. The predicted octanol–water partition coefficient (Wildman–Crippen LogP) is 0.892. The van der Waals surface area contributed by atoms with Crippen LogP contribution in [0.25, 0.3) is 0 Å². The van der Waals surface area contributed by atoms with Crippen LogP contribution in [0.15, 0.2) is 0 Å². The number of hydrogen-bond donors (Lipinski definition) is 2. The molecule has 3 rings (SSSR count). The molecule has 0 aliphatic carbocycles. The van der Waals surface area contributed by atoms with E-state index in [9.17, 15) is 4.79 Å². The van der Waals surface area contributed by atoms with Gasteiger partial charge in [0.2, 0.25) is 5.95 Å². The lowest BCUT2D eigenvalue weighted by Gasteiger charge is -2.34. The monoisotopic (exact) mass is 350 g/mol. The third-order valence-electron chi connectivity index (χ3n) is 4.13. The Labute approximate surface area is 147 Å². The molecule has 1 fully saturated rings. The Morgan fingerprint density at radius 1 is 1.24 bits per heavy atom. The van der Waals surface area contributed by atoms with Gasteiger partial charge in [-0.2, -0.15) is 4.98 Å². The number of hydrazine groups is 1. The summed E-state index contributed by atoms with van der Waals surface area (Å²) in [7, 11) is 0. The molecule has 1 saturated heterocycles. The molecular formula is C16H26N6O3. The van der Waals surface area contributed by atoms with Gasteiger partial charge in [-0.05, 0) is 27.2 Å². The summed E-state index contributed by atoms with van der Waals surface area (Å²) < 4.78 is 10.9. The number of nitrogens with zero attached hydrogens (tertiary/aromatic N) is 4. The summed E-state index contributed by atoms with van der Waals surface area (Å²) in [5, 5.41) is 0. The molecule has 0 radical (unpaired) electrons.